The minimum absolute atomic E-state index is 0. The zero-order chi connectivity index (χ0) is 16.2. The maximum atomic E-state index is 14.1. The molecule has 130 valence electrons. The van der Waals surface area contributed by atoms with E-state index in [2.05, 4.69) is 5.32 Å². The number of halogens is 4. The fourth-order valence-corrected chi connectivity index (χ4v) is 2.49. The molecule has 1 aliphatic heterocycles. The van der Waals surface area contributed by atoms with Crippen molar-refractivity contribution in [3.8, 4) is 11.5 Å². The SMILES string of the molecule is Cl.Fc1ccc(Oc2c(F)cccc2C[C@H]2CNCCO2)c(F)c1. The summed E-state index contributed by atoms with van der Waals surface area (Å²) in [6.45, 7) is 2.02. The van der Waals surface area contributed by atoms with Gasteiger partial charge in [-0.05, 0) is 18.2 Å². The minimum Gasteiger partial charge on any atom is -0.451 e. The number of morpholine rings is 1. The largest absolute Gasteiger partial charge is 0.451 e. The smallest absolute Gasteiger partial charge is 0.168 e. The molecule has 3 rings (SSSR count). The van der Waals surface area contributed by atoms with Gasteiger partial charge in [0.2, 0.25) is 0 Å². The highest BCUT2D eigenvalue weighted by molar-refractivity contribution is 5.85. The Hall–Kier alpha value is -1.76. The number of hydrogen-bond donors (Lipinski definition) is 1. The Morgan fingerprint density at radius 1 is 1.12 bits per heavy atom. The van der Waals surface area contributed by atoms with Gasteiger partial charge in [-0.2, -0.15) is 0 Å². The second-order valence-electron chi connectivity index (χ2n) is 5.31. The lowest BCUT2D eigenvalue weighted by Crippen LogP contribution is -2.39. The average molecular weight is 360 g/mol. The average Bonchev–Trinajstić information content (AvgIpc) is 2.54. The van der Waals surface area contributed by atoms with E-state index in [0.717, 1.165) is 18.7 Å². The first kappa shape index (κ1) is 18.6. The Morgan fingerprint density at radius 2 is 1.96 bits per heavy atom. The van der Waals surface area contributed by atoms with E-state index in [0.29, 0.717) is 31.2 Å². The molecule has 0 radical (unpaired) electrons. The van der Waals surface area contributed by atoms with Gasteiger partial charge in [-0.1, -0.05) is 12.1 Å². The van der Waals surface area contributed by atoms with Gasteiger partial charge in [0.15, 0.2) is 23.1 Å². The van der Waals surface area contributed by atoms with Crippen molar-refractivity contribution in [2.24, 2.45) is 0 Å². The maximum Gasteiger partial charge on any atom is 0.168 e. The molecule has 0 spiro atoms. The highest BCUT2D eigenvalue weighted by Crippen LogP contribution is 2.31. The van der Waals surface area contributed by atoms with Crippen molar-refractivity contribution in [1.82, 2.24) is 5.32 Å². The molecule has 24 heavy (non-hydrogen) atoms. The third kappa shape index (κ3) is 4.41. The van der Waals surface area contributed by atoms with E-state index in [4.69, 9.17) is 9.47 Å². The highest BCUT2D eigenvalue weighted by Gasteiger charge is 2.19. The van der Waals surface area contributed by atoms with Crippen molar-refractivity contribution in [3.63, 3.8) is 0 Å². The van der Waals surface area contributed by atoms with Gasteiger partial charge in [-0.15, -0.1) is 12.4 Å². The van der Waals surface area contributed by atoms with Crippen molar-refractivity contribution in [1.29, 1.82) is 0 Å². The lowest BCUT2D eigenvalue weighted by Gasteiger charge is -2.24. The maximum absolute atomic E-state index is 14.1. The first-order valence-electron chi connectivity index (χ1n) is 7.36. The predicted molar refractivity (Wildman–Crippen MR) is 86.4 cm³/mol. The fourth-order valence-electron chi connectivity index (χ4n) is 2.49. The normalized spacial score (nSPS) is 17.2. The molecule has 1 saturated heterocycles. The molecule has 1 atom stereocenters. The Balaban J connectivity index is 0.00000208. The second-order valence-corrected chi connectivity index (χ2v) is 5.31. The second kappa shape index (κ2) is 8.37. The van der Waals surface area contributed by atoms with Gasteiger partial charge in [0, 0.05) is 31.1 Å². The first-order valence-corrected chi connectivity index (χ1v) is 7.36. The third-order valence-electron chi connectivity index (χ3n) is 3.61. The number of nitrogens with one attached hydrogen (secondary N) is 1. The van der Waals surface area contributed by atoms with Crippen molar-refractivity contribution in [2.75, 3.05) is 19.7 Å². The van der Waals surface area contributed by atoms with E-state index < -0.39 is 17.5 Å². The van der Waals surface area contributed by atoms with Crippen LogP contribution in [0.1, 0.15) is 5.56 Å². The molecule has 2 aromatic carbocycles. The molecule has 1 N–H and O–H groups in total. The summed E-state index contributed by atoms with van der Waals surface area (Å²) in [6, 6.07) is 7.41. The number of para-hydroxylation sites is 1. The lowest BCUT2D eigenvalue weighted by molar-refractivity contribution is 0.0289. The Morgan fingerprint density at radius 3 is 2.67 bits per heavy atom. The van der Waals surface area contributed by atoms with Crippen LogP contribution in [0.3, 0.4) is 0 Å². The summed E-state index contributed by atoms with van der Waals surface area (Å²) >= 11 is 0. The van der Waals surface area contributed by atoms with Gasteiger partial charge in [0.1, 0.15) is 5.82 Å². The van der Waals surface area contributed by atoms with Crippen molar-refractivity contribution >= 4 is 12.4 Å². The summed E-state index contributed by atoms with van der Waals surface area (Å²) in [5.74, 6) is -2.48. The van der Waals surface area contributed by atoms with Gasteiger partial charge < -0.3 is 14.8 Å². The number of rotatable bonds is 4. The van der Waals surface area contributed by atoms with Crippen molar-refractivity contribution in [2.45, 2.75) is 12.5 Å². The van der Waals surface area contributed by atoms with Gasteiger partial charge in [-0.3, -0.25) is 0 Å². The molecular weight excluding hydrogens is 343 g/mol. The van der Waals surface area contributed by atoms with Crippen LogP contribution >= 0.6 is 12.4 Å². The van der Waals surface area contributed by atoms with Gasteiger partial charge in [0.05, 0.1) is 12.7 Å². The minimum atomic E-state index is -0.880. The Bertz CT molecular complexity index is 694. The van der Waals surface area contributed by atoms with Crippen LogP contribution in [0.25, 0.3) is 0 Å². The molecule has 0 unspecified atom stereocenters. The van der Waals surface area contributed by atoms with Crippen LogP contribution in [0.15, 0.2) is 36.4 Å². The monoisotopic (exact) mass is 359 g/mol. The summed E-state index contributed by atoms with van der Waals surface area (Å²) in [6.07, 6.45) is 0.328. The highest BCUT2D eigenvalue weighted by atomic mass is 35.5. The standard InChI is InChI=1S/C17H16F3NO2.ClH/c18-12-4-5-16(15(20)9-12)23-17-11(2-1-3-14(17)19)8-13-10-21-6-7-22-13;/h1-5,9,13,21H,6-8,10H2;1H/t13-;/m0./s1. The predicted octanol–water partition coefficient (Wildman–Crippen LogP) is 3.85. The van der Waals surface area contributed by atoms with Crippen molar-refractivity contribution in [3.05, 3.63) is 59.4 Å². The van der Waals surface area contributed by atoms with E-state index >= 15 is 0 Å². The summed E-state index contributed by atoms with van der Waals surface area (Å²) in [7, 11) is 0. The molecule has 0 bridgehead atoms. The van der Waals surface area contributed by atoms with Gasteiger partial charge in [0.25, 0.3) is 0 Å². The fraction of sp³-hybridized carbons (Fsp3) is 0.294. The molecular formula is C17H17ClF3NO2. The zero-order valence-electron chi connectivity index (χ0n) is 12.7. The van der Waals surface area contributed by atoms with E-state index in [1.54, 1.807) is 12.1 Å². The Labute approximate surface area is 144 Å². The van der Waals surface area contributed by atoms with E-state index in [9.17, 15) is 13.2 Å². The molecule has 0 aliphatic carbocycles. The topological polar surface area (TPSA) is 30.5 Å². The van der Waals surface area contributed by atoms with Crippen LogP contribution in [-0.4, -0.2) is 25.8 Å². The van der Waals surface area contributed by atoms with Crippen LogP contribution in [0.4, 0.5) is 13.2 Å². The van der Waals surface area contributed by atoms with E-state index in [1.807, 2.05) is 0 Å². The number of benzene rings is 2. The molecule has 3 nitrogen and oxygen atoms in total. The quantitative estimate of drug-likeness (QED) is 0.899. The van der Waals surface area contributed by atoms with Crippen LogP contribution in [0.2, 0.25) is 0 Å². The van der Waals surface area contributed by atoms with Gasteiger partial charge >= 0.3 is 0 Å². The van der Waals surface area contributed by atoms with Crippen LogP contribution in [0, 0.1) is 17.5 Å². The molecule has 1 heterocycles. The molecule has 1 fully saturated rings. The lowest BCUT2D eigenvalue weighted by atomic mass is 10.1. The molecule has 0 aromatic heterocycles. The first-order chi connectivity index (χ1) is 11.1. The number of hydrogen-bond acceptors (Lipinski definition) is 3. The molecule has 2 aromatic rings. The molecule has 7 heteroatoms. The van der Waals surface area contributed by atoms with Crippen molar-refractivity contribution < 1.29 is 22.6 Å². The van der Waals surface area contributed by atoms with E-state index in [-0.39, 0.29) is 30.0 Å². The van der Waals surface area contributed by atoms with Crippen LogP contribution in [0.5, 0.6) is 11.5 Å². The molecule has 1 aliphatic rings. The summed E-state index contributed by atoms with van der Waals surface area (Å²) in [5, 5.41) is 3.19. The summed E-state index contributed by atoms with van der Waals surface area (Å²) in [5.41, 5.74) is 0.572. The molecule has 0 amide bonds. The van der Waals surface area contributed by atoms with E-state index in [1.165, 1.54) is 6.07 Å². The van der Waals surface area contributed by atoms with Crippen LogP contribution in [-0.2, 0) is 11.2 Å². The zero-order valence-corrected chi connectivity index (χ0v) is 13.5. The summed E-state index contributed by atoms with van der Waals surface area (Å²) in [4.78, 5) is 0. The van der Waals surface area contributed by atoms with Gasteiger partial charge in [-0.25, -0.2) is 13.2 Å². The summed E-state index contributed by atoms with van der Waals surface area (Å²) < 4.78 is 51.8. The molecule has 0 saturated carbocycles. The number of ether oxygens (including phenoxy) is 2. The van der Waals surface area contributed by atoms with Crippen LogP contribution < -0.4 is 10.1 Å². The third-order valence-corrected chi connectivity index (χ3v) is 3.61. The Kier molecular flexibility index (Phi) is 6.48.